The summed E-state index contributed by atoms with van der Waals surface area (Å²) < 4.78 is 0. The molecule has 1 rings (SSSR count). The van der Waals surface area contributed by atoms with Crippen LogP contribution in [-0.2, 0) is 4.79 Å². The number of rotatable bonds is 5. The first-order valence-electron chi connectivity index (χ1n) is 5.06. The number of carboxylic acids is 1. The Bertz CT molecular complexity index is 468. The standard InChI is InChI=1S/C11H11Cl2NO3S/c12-7-3-1-2-6(9(7)13)10(15)14-8(4-5-18)11(16)17/h1-3,8,18H,4-5H2,(H,14,15)(H,16,17). The van der Waals surface area contributed by atoms with E-state index in [0.29, 0.717) is 5.75 Å². The fourth-order valence-electron chi connectivity index (χ4n) is 1.30. The average molecular weight is 308 g/mol. The number of carbonyl (C=O) groups excluding carboxylic acids is 1. The highest BCUT2D eigenvalue weighted by molar-refractivity contribution is 7.80. The predicted octanol–water partition coefficient (Wildman–Crippen LogP) is 2.50. The number of carbonyl (C=O) groups is 2. The average Bonchev–Trinajstić information content (AvgIpc) is 2.31. The Balaban J connectivity index is 2.87. The Morgan fingerprint density at radius 3 is 2.61 bits per heavy atom. The zero-order valence-corrected chi connectivity index (χ0v) is 11.6. The maximum atomic E-state index is 11.9. The molecule has 7 heteroatoms. The molecule has 1 atom stereocenters. The highest BCUT2D eigenvalue weighted by Gasteiger charge is 2.21. The van der Waals surface area contributed by atoms with E-state index >= 15 is 0 Å². The van der Waals surface area contributed by atoms with E-state index in [1.54, 1.807) is 12.1 Å². The summed E-state index contributed by atoms with van der Waals surface area (Å²) in [5, 5.41) is 11.6. The lowest BCUT2D eigenvalue weighted by Crippen LogP contribution is -2.41. The van der Waals surface area contributed by atoms with Crippen LogP contribution in [0.2, 0.25) is 10.0 Å². The van der Waals surface area contributed by atoms with Gasteiger partial charge in [0.25, 0.3) is 5.91 Å². The molecule has 18 heavy (non-hydrogen) atoms. The summed E-state index contributed by atoms with van der Waals surface area (Å²) in [6.45, 7) is 0. The number of carboxylic acid groups (broad SMARTS) is 1. The van der Waals surface area contributed by atoms with E-state index in [2.05, 4.69) is 17.9 Å². The molecule has 0 aliphatic carbocycles. The first-order chi connectivity index (χ1) is 8.47. The summed E-state index contributed by atoms with van der Waals surface area (Å²) in [5.74, 6) is -1.34. The largest absolute Gasteiger partial charge is 0.480 e. The van der Waals surface area contributed by atoms with Crippen LogP contribution in [-0.4, -0.2) is 28.8 Å². The monoisotopic (exact) mass is 307 g/mol. The van der Waals surface area contributed by atoms with E-state index < -0.39 is 17.9 Å². The number of benzene rings is 1. The molecular weight excluding hydrogens is 297 g/mol. The third-order valence-electron chi connectivity index (χ3n) is 2.22. The molecule has 0 saturated heterocycles. The number of nitrogens with one attached hydrogen (secondary N) is 1. The van der Waals surface area contributed by atoms with E-state index in [0.717, 1.165) is 0 Å². The summed E-state index contributed by atoms with van der Waals surface area (Å²) in [5.41, 5.74) is 0.148. The van der Waals surface area contributed by atoms with Crippen molar-refractivity contribution in [1.82, 2.24) is 5.32 Å². The van der Waals surface area contributed by atoms with Crippen LogP contribution in [0.15, 0.2) is 18.2 Å². The molecule has 1 amide bonds. The predicted molar refractivity (Wildman–Crippen MR) is 73.8 cm³/mol. The Kier molecular flexibility index (Phi) is 5.78. The van der Waals surface area contributed by atoms with Gasteiger partial charge in [-0.1, -0.05) is 29.3 Å². The van der Waals surface area contributed by atoms with Crippen LogP contribution >= 0.6 is 35.8 Å². The topological polar surface area (TPSA) is 66.4 Å². The van der Waals surface area contributed by atoms with E-state index in [1.165, 1.54) is 6.07 Å². The van der Waals surface area contributed by atoms with Gasteiger partial charge in [0.1, 0.15) is 6.04 Å². The fraction of sp³-hybridized carbons (Fsp3) is 0.273. The van der Waals surface area contributed by atoms with Crippen molar-refractivity contribution >= 4 is 47.7 Å². The first kappa shape index (κ1) is 15.1. The summed E-state index contributed by atoms with van der Waals surface area (Å²) in [4.78, 5) is 22.8. The van der Waals surface area contributed by atoms with Crippen LogP contribution in [0.3, 0.4) is 0 Å². The maximum absolute atomic E-state index is 11.9. The van der Waals surface area contributed by atoms with Crippen molar-refractivity contribution < 1.29 is 14.7 Å². The smallest absolute Gasteiger partial charge is 0.326 e. The van der Waals surface area contributed by atoms with Gasteiger partial charge in [-0.05, 0) is 24.3 Å². The molecule has 1 aromatic rings. The Morgan fingerprint density at radius 2 is 2.06 bits per heavy atom. The van der Waals surface area contributed by atoms with Crippen molar-refractivity contribution in [3.63, 3.8) is 0 Å². The van der Waals surface area contributed by atoms with Gasteiger partial charge in [0.2, 0.25) is 0 Å². The van der Waals surface area contributed by atoms with Crippen molar-refractivity contribution in [1.29, 1.82) is 0 Å². The Morgan fingerprint density at radius 1 is 1.39 bits per heavy atom. The second kappa shape index (κ2) is 6.87. The molecule has 2 N–H and O–H groups in total. The van der Waals surface area contributed by atoms with Crippen molar-refractivity contribution in [3.05, 3.63) is 33.8 Å². The van der Waals surface area contributed by atoms with Crippen LogP contribution in [0.5, 0.6) is 0 Å². The molecule has 0 heterocycles. The molecule has 98 valence electrons. The van der Waals surface area contributed by atoms with E-state index in [-0.39, 0.29) is 22.0 Å². The molecule has 0 aromatic heterocycles. The minimum atomic E-state index is -1.12. The van der Waals surface area contributed by atoms with Crippen LogP contribution in [0.25, 0.3) is 0 Å². The number of aliphatic carboxylic acids is 1. The van der Waals surface area contributed by atoms with E-state index in [9.17, 15) is 9.59 Å². The molecule has 0 fully saturated rings. The molecule has 0 aliphatic heterocycles. The van der Waals surface area contributed by atoms with E-state index in [4.69, 9.17) is 28.3 Å². The Labute approximate surface area is 120 Å². The highest BCUT2D eigenvalue weighted by atomic mass is 35.5. The summed E-state index contributed by atoms with van der Waals surface area (Å²) >= 11 is 15.6. The third kappa shape index (κ3) is 3.80. The second-order valence-electron chi connectivity index (χ2n) is 3.48. The second-order valence-corrected chi connectivity index (χ2v) is 4.71. The van der Waals surface area contributed by atoms with Crippen LogP contribution in [0.1, 0.15) is 16.8 Å². The van der Waals surface area contributed by atoms with Crippen molar-refractivity contribution in [3.8, 4) is 0 Å². The van der Waals surface area contributed by atoms with Gasteiger partial charge in [0, 0.05) is 0 Å². The SMILES string of the molecule is O=C(NC(CCS)C(=O)O)c1cccc(Cl)c1Cl. The van der Waals surface area contributed by atoms with Crippen molar-refractivity contribution in [2.45, 2.75) is 12.5 Å². The normalized spacial score (nSPS) is 11.9. The number of amides is 1. The maximum Gasteiger partial charge on any atom is 0.326 e. The number of hydrogen-bond acceptors (Lipinski definition) is 3. The van der Waals surface area contributed by atoms with Crippen LogP contribution in [0, 0.1) is 0 Å². The van der Waals surface area contributed by atoms with Crippen molar-refractivity contribution in [2.24, 2.45) is 0 Å². The quantitative estimate of drug-likeness (QED) is 0.732. The van der Waals surface area contributed by atoms with Gasteiger partial charge in [0.15, 0.2) is 0 Å². The highest BCUT2D eigenvalue weighted by Crippen LogP contribution is 2.25. The first-order valence-corrected chi connectivity index (χ1v) is 6.44. The molecule has 0 radical (unpaired) electrons. The molecule has 0 bridgehead atoms. The van der Waals surface area contributed by atoms with Crippen LogP contribution < -0.4 is 5.32 Å². The third-order valence-corrected chi connectivity index (χ3v) is 3.29. The Hall–Kier alpha value is -0.910. The van der Waals surface area contributed by atoms with Gasteiger partial charge in [-0.2, -0.15) is 12.6 Å². The number of hydrogen-bond donors (Lipinski definition) is 3. The molecule has 0 saturated carbocycles. The van der Waals surface area contributed by atoms with Gasteiger partial charge in [-0.25, -0.2) is 4.79 Å². The van der Waals surface area contributed by atoms with Gasteiger partial charge < -0.3 is 10.4 Å². The van der Waals surface area contributed by atoms with Crippen LogP contribution in [0.4, 0.5) is 0 Å². The van der Waals surface area contributed by atoms with Crippen molar-refractivity contribution in [2.75, 3.05) is 5.75 Å². The molecule has 0 spiro atoms. The minimum Gasteiger partial charge on any atom is -0.480 e. The summed E-state index contributed by atoms with van der Waals surface area (Å²) in [6.07, 6.45) is 0.225. The lowest BCUT2D eigenvalue weighted by molar-refractivity contribution is -0.139. The minimum absolute atomic E-state index is 0.103. The summed E-state index contributed by atoms with van der Waals surface area (Å²) in [7, 11) is 0. The van der Waals surface area contributed by atoms with Gasteiger partial charge >= 0.3 is 5.97 Å². The van der Waals surface area contributed by atoms with Gasteiger partial charge in [0.05, 0.1) is 15.6 Å². The van der Waals surface area contributed by atoms with Gasteiger partial charge in [-0.15, -0.1) is 0 Å². The van der Waals surface area contributed by atoms with Gasteiger partial charge in [-0.3, -0.25) is 4.79 Å². The zero-order chi connectivity index (χ0) is 13.7. The number of halogens is 2. The molecule has 1 aromatic carbocycles. The van der Waals surface area contributed by atoms with E-state index in [1.807, 2.05) is 0 Å². The summed E-state index contributed by atoms with van der Waals surface area (Å²) in [6, 6.07) is 3.59. The molecule has 1 unspecified atom stereocenters. The fourth-order valence-corrected chi connectivity index (χ4v) is 1.95. The lowest BCUT2D eigenvalue weighted by Gasteiger charge is -2.14. The number of thiol groups is 1. The lowest BCUT2D eigenvalue weighted by atomic mass is 10.1. The molecule has 0 aliphatic rings. The molecular formula is C11H11Cl2NO3S. The molecule has 4 nitrogen and oxygen atoms in total. The zero-order valence-electron chi connectivity index (χ0n) is 9.19.